The fourth-order valence-electron chi connectivity index (χ4n) is 1.85. The van der Waals surface area contributed by atoms with Gasteiger partial charge >= 0.3 is 0 Å². The van der Waals surface area contributed by atoms with E-state index in [1.807, 2.05) is 6.92 Å². The highest BCUT2D eigenvalue weighted by atomic mass is 16.3. The van der Waals surface area contributed by atoms with Crippen molar-refractivity contribution in [3.8, 4) is 0 Å². The van der Waals surface area contributed by atoms with E-state index in [2.05, 4.69) is 13.8 Å². The van der Waals surface area contributed by atoms with Crippen LogP contribution in [0.2, 0.25) is 0 Å². The maximum absolute atomic E-state index is 9.81. The molecule has 0 spiro atoms. The molecule has 1 N–H and O–H groups in total. The number of hydrogen-bond donors (Lipinski definition) is 1. The van der Waals surface area contributed by atoms with E-state index in [0.29, 0.717) is 11.8 Å². The molecule has 0 heterocycles. The minimum absolute atomic E-state index is 0.391. The van der Waals surface area contributed by atoms with Crippen LogP contribution in [0.4, 0.5) is 0 Å². The molecular weight excluding hydrogens is 124 g/mol. The van der Waals surface area contributed by atoms with Gasteiger partial charge in [-0.05, 0) is 31.6 Å². The van der Waals surface area contributed by atoms with Crippen molar-refractivity contribution >= 4 is 0 Å². The van der Waals surface area contributed by atoms with Crippen molar-refractivity contribution in [2.24, 2.45) is 11.8 Å². The van der Waals surface area contributed by atoms with Gasteiger partial charge in [0.05, 0.1) is 5.60 Å². The lowest BCUT2D eigenvalue weighted by Crippen LogP contribution is -2.38. The molecule has 0 amide bonds. The average molecular weight is 142 g/mol. The quantitative estimate of drug-likeness (QED) is 0.549. The molecular formula is C9H18O. The average Bonchev–Trinajstić information content (AvgIpc) is 1.78. The Morgan fingerprint density at radius 2 is 1.90 bits per heavy atom. The summed E-state index contributed by atoms with van der Waals surface area (Å²) in [6, 6.07) is 0. The summed E-state index contributed by atoms with van der Waals surface area (Å²) in [6.07, 6.45) is 3.46. The summed E-state index contributed by atoms with van der Waals surface area (Å²) in [5, 5.41) is 9.81. The Kier molecular flexibility index (Phi) is 2.04. The molecule has 10 heavy (non-hydrogen) atoms. The first-order valence-corrected chi connectivity index (χ1v) is 4.25. The van der Waals surface area contributed by atoms with Gasteiger partial charge in [-0.25, -0.2) is 0 Å². The second-order valence-corrected chi connectivity index (χ2v) is 4.14. The second kappa shape index (κ2) is 2.54. The van der Waals surface area contributed by atoms with Crippen LogP contribution >= 0.6 is 0 Å². The van der Waals surface area contributed by atoms with Crippen LogP contribution in [0.3, 0.4) is 0 Å². The zero-order valence-corrected chi connectivity index (χ0v) is 7.22. The molecule has 1 aliphatic carbocycles. The summed E-state index contributed by atoms with van der Waals surface area (Å²) in [5.41, 5.74) is -0.391. The maximum atomic E-state index is 9.81. The van der Waals surface area contributed by atoms with Crippen LogP contribution in [0.15, 0.2) is 0 Å². The number of rotatable bonds is 0. The lowest BCUT2D eigenvalue weighted by molar-refractivity contribution is -0.0403. The minimum atomic E-state index is -0.391. The molecule has 0 aromatic rings. The van der Waals surface area contributed by atoms with Gasteiger partial charge in [0.25, 0.3) is 0 Å². The fourth-order valence-corrected chi connectivity index (χ4v) is 1.85. The molecule has 0 aromatic heterocycles. The van der Waals surface area contributed by atoms with Gasteiger partial charge in [0.1, 0.15) is 0 Å². The molecule has 0 aliphatic heterocycles. The predicted octanol–water partition coefficient (Wildman–Crippen LogP) is 2.19. The molecule has 3 atom stereocenters. The molecule has 1 saturated carbocycles. The Morgan fingerprint density at radius 3 is 2.30 bits per heavy atom. The summed E-state index contributed by atoms with van der Waals surface area (Å²) < 4.78 is 0. The van der Waals surface area contributed by atoms with Crippen molar-refractivity contribution in [2.75, 3.05) is 0 Å². The molecule has 1 fully saturated rings. The lowest BCUT2D eigenvalue weighted by Gasteiger charge is -2.38. The second-order valence-electron chi connectivity index (χ2n) is 4.14. The number of hydrogen-bond acceptors (Lipinski definition) is 1. The van der Waals surface area contributed by atoms with Crippen LogP contribution in [0.5, 0.6) is 0 Å². The third kappa shape index (κ3) is 1.51. The van der Waals surface area contributed by atoms with E-state index < -0.39 is 5.60 Å². The molecule has 1 heteroatoms. The minimum Gasteiger partial charge on any atom is -0.390 e. The molecule has 0 bridgehead atoms. The molecule has 1 nitrogen and oxygen atoms in total. The van der Waals surface area contributed by atoms with Gasteiger partial charge in [-0.3, -0.25) is 0 Å². The van der Waals surface area contributed by atoms with Crippen molar-refractivity contribution in [2.45, 2.75) is 45.6 Å². The Bertz CT molecular complexity index is 118. The van der Waals surface area contributed by atoms with Crippen LogP contribution in [0.25, 0.3) is 0 Å². The lowest BCUT2D eigenvalue weighted by atomic mass is 9.73. The van der Waals surface area contributed by atoms with Crippen molar-refractivity contribution in [1.29, 1.82) is 0 Å². The maximum Gasteiger partial charge on any atom is 0.0647 e. The monoisotopic (exact) mass is 142 g/mol. The number of aliphatic hydroxyl groups is 1. The smallest absolute Gasteiger partial charge is 0.0647 e. The summed E-state index contributed by atoms with van der Waals surface area (Å²) in [4.78, 5) is 0. The van der Waals surface area contributed by atoms with Gasteiger partial charge < -0.3 is 5.11 Å². The Labute approximate surface area is 63.4 Å². The van der Waals surface area contributed by atoms with E-state index in [1.165, 1.54) is 12.8 Å². The molecule has 0 radical (unpaired) electrons. The Morgan fingerprint density at radius 1 is 1.30 bits per heavy atom. The van der Waals surface area contributed by atoms with Gasteiger partial charge in [0, 0.05) is 0 Å². The fraction of sp³-hybridized carbons (Fsp3) is 1.00. The Balaban J connectivity index is 2.55. The SMILES string of the molecule is CC1CCC(C)C(C)(O)C1. The van der Waals surface area contributed by atoms with Crippen molar-refractivity contribution in [1.82, 2.24) is 0 Å². The van der Waals surface area contributed by atoms with E-state index in [1.54, 1.807) is 0 Å². The van der Waals surface area contributed by atoms with Crippen LogP contribution < -0.4 is 0 Å². The molecule has 3 unspecified atom stereocenters. The largest absolute Gasteiger partial charge is 0.390 e. The Hall–Kier alpha value is -0.0400. The highest BCUT2D eigenvalue weighted by molar-refractivity contribution is 4.85. The van der Waals surface area contributed by atoms with Crippen LogP contribution in [0.1, 0.15) is 40.0 Å². The van der Waals surface area contributed by atoms with Crippen LogP contribution in [0, 0.1) is 11.8 Å². The molecule has 0 saturated heterocycles. The van der Waals surface area contributed by atoms with Gasteiger partial charge in [-0.2, -0.15) is 0 Å². The van der Waals surface area contributed by atoms with E-state index in [4.69, 9.17) is 0 Å². The first-order chi connectivity index (χ1) is 4.52. The molecule has 0 aromatic carbocycles. The highest BCUT2D eigenvalue weighted by Gasteiger charge is 2.33. The summed E-state index contributed by atoms with van der Waals surface area (Å²) >= 11 is 0. The summed E-state index contributed by atoms with van der Waals surface area (Å²) in [6.45, 7) is 6.33. The molecule has 1 rings (SSSR count). The molecule has 60 valence electrons. The third-order valence-electron chi connectivity index (χ3n) is 2.92. The van der Waals surface area contributed by atoms with Gasteiger partial charge in [-0.15, -0.1) is 0 Å². The topological polar surface area (TPSA) is 20.2 Å². The van der Waals surface area contributed by atoms with Crippen molar-refractivity contribution in [3.63, 3.8) is 0 Å². The van der Waals surface area contributed by atoms with Crippen LogP contribution in [-0.4, -0.2) is 10.7 Å². The normalized spacial score (nSPS) is 49.2. The van der Waals surface area contributed by atoms with E-state index in [0.717, 1.165) is 6.42 Å². The third-order valence-corrected chi connectivity index (χ3v) is 2.92. The first-order valence-electron chi connectivity index (χ1n) is 4.25. The van der Waals surface area contributed by atoms with Crippen molar-refractivity contribution < 1.29 is 5.11 Å². The predicted molar refractivity (Wildman–Crippen MR) is 42.8 cm³/mol. The summed E-state index contributed by atoms with van der Waals surface area (Å²) in [5.74, 6) is 1.20. The zero-order chi connectivity index (χ0) is 7.78. The van der Waals surface area contributed by atoms with Crippen LogP contribution in [-0.2, 0) is 0 Å². The standard InChI is InChI=1S/C9H18O/c1-7-4-5-8(2)9(3,10)6-7/h7-8,10H,4-6H2,1-3H3. The van der Waals surface area contributed by atoms with Crippen molar-refractivity contribution in [3.05, 3.63) is 0 Å². The van der Waals surface area contributed by atoms with E-state index in [-0.39, 0.29) is 0 Å². The van der Waals surface area contributed by atoms with Gasteiger partial charge in [0.15, 0.2) is 0 Å². The van der Waals surface area contributed by atoms with Gasteiger partial charge in [0.2, 0.25) is 0 Å². The van der Waals surface area contributed by atoms with E-state index in [9.17, 15) is 5.11 Å². The molecule has 1 aliphatic rings. The zero-order valence-electron chi connectivity index (χ0n) is 7.22. The van der Waals surface area contributed by atoms with E-state index >= 15 is 0 Å². The first kappa shape index (κ1) is 8.06. The summed E-state index contributed by atoms with van der Waals surface area (Å²) in [7, 11) is 0. The van der Waals surface area contributed by atoms with Gasteiger partial charge in [-0.1, -0.05) is 20.3 Å². The highest BCUT2D eigenvalue weighted by Crippen LogP contribution is 2.35.